The molecule has 0 fully saturated rings. The van der Waals surface area contributed by atoms with Gasteiger partial charge in [-0.15, -0.1) is 0 Å². The van der Waals surface area contributed by atoms with Crippen molar-refractivity contribution in [1.82, 2.24) is 5.32 Å². The van der Waals surface area contributed by atoms with Gasteiger partial charge < -0.3 is 20.6 Å². The average molecular weight is 253 g/mol. The smallest absolute Gasteiger partial charge is 0.307 e. The van der Waals surface area contributed by atoms with E-state index >= 15 is 0 Å². The first-order valence-corrected chi connectivity index (χ1v) is 5.86. The summed E-state index contributed by atoms with van der Waals surface area (Å²) in [5.41, 5.74) is 1.26. The van der Waals surface area contributed by atoms with Crippen molar-refractivity contribution >= 4 is 5.97 Å². The van der Waals surface area contributed by atoms with Crippen LogP contribution in [0.1, 0.15) is 23.7 Å². The molecule has 0 saturated heterocycles. The third-order valence-electron chi connectivity index (χ3n) is 2.73. The Bertz CT molecular complexity index is 377. The average Bonchev–Trinajstić information content (AvgIpc) is 2.35. The molecule has 0 amide bonds. The Morgan fingerprint density at radius 3 is 2.39 bits per heavy atom. The van der Waals surface area contributed by atoms with Gasteiger partial charge in [0.05, 0.1) is 12.5 Å². The first-order valence-electron chi connectivity index (χ1n) is 5.86. The number of hydrogen-bond acceptors (Lipinski definition) is 4. The molecule has 0 aromatic heterocycles. The van der Waals surface area contributed by atoms with Crippen LogP contribution < -0.4 is 5.32 Å². The number of benzene rings is 1. The topological polar surface area (TPSA) is 89.8 Å². The van der Waals surface area contributed by atoms with E-state index < -0.39 is 18.2 Å². The van der Waals surface area contributed by atoms with Crippen molar-refractivity contribution in [3.05, 3.63) is 35.4 Å². The van der Waals surface area contributed by atoms with Gasteiger partial charge in [-0.2, -0.15) is 0 Å². The Hall–Kier alpha value is -1.43. The van der Waals surface area contributed by atoms with Crippen LogP contribution in [-0.2, 0) is 11.2 Å². The molecule has 100 valence electrons. The quantitative estimate of drug-likeness (QED) is 0.562. The highest BCUT2D eigenvalue weighted by molar-refractivity contribution is 5.70. The fraction of sp³-hybridized carbons (Fsp3) is 0.462. The number of aliphatic hydroxyl groups excluding tert-OH is 2. The van der Waals surface area contributed by atoms with Crippen LogP contribution in [0.2, 0.25) is 0 Å². The van der Waals surface area contributed by atoms with E-state index in [1.165, 1.54) is 0 Å². The second kappa shape index (κ2) is 7.10. The van der Waals surface area contributed by atoms with Crippen LogP contribution in [0, 0.1) is 0 Å². The van der Waals surface area contributed by atoms with Gasteiger partial charge in [0.25, 0.3) is 0 Å². The molecule has 4 N–H and O–H groups in total. The Morgan fingerprint density at radius 2 is 1.89 bits per heavy atom. The molecule has 5 nitrogen and oxygen atoms in total. The normalized spacial score (nSPS) is 14.2. The highest BCUT2D eigenvalue weighted by Crippen LogP contribution is 2.19. The molecule has 18 heavy (non-hydrogen) atoms. The lowest BCUT2D eigenvalue weighted by Gasteiger charge is -2.18. The van der Waals surface area contributed by atoms with Crippen LogP contribution in [0.15, 0.2) is 24.3 Å². The Balaban J connectivity index is 2.63. The van der Waals surface area contributed by atoms with Gasteiger partial charge in [0, 0.05) is 0 Å². The van der Waals surface area contributed by atoms with Gasteiger partial charge in [-0.25, -0.2) is 0 Å². The summed E-state index contributed by atoms with van der Waals surface area (Å²) in [7, 11) is 1.78. The van der Waals surface area contributed by atoms with E-state index in [-0.39, 0.29) is 6.42 Å². The summed E-state index contributed by atoms with van der Waals surface area (Å²) in [4.78, 5) is 10.5. The summed E-state index contributed by atoms with van der Waals surface area (Å²) in [6, 6.07) is 6.59. The molecular formula is C13H19NO4. The molecule has 2 atom stereocenters. The molecule has 1 aromatic rings. The summed E-state index contributed by atoms with van der Waals surface area (Å²) >= 11 is 0. The zero-order valence-electron chi connectivity index (χ0n) is 10.3. The maximum atomic E-state index is 10.5. The number of hydrogen-bond donors (Lipinski definition) is 4. The number of carboxylic acid groups (broad SMARTS) is 1. The van der Waals surface area contributed by atoms with Gasteiger partial charge in [0.1, 0.15) is 6.10 Å². The SMILES string of the molecule is CNCCC(O)C(O)c1ccc(CC(=O)O)cc1. The molecule has 0 radical (unpaired) electrons. The molecule has 0 aliphatic carbocycles. The molecule has 0 aliphatic heterocycles. The minimum atomic E-state index is -0.947. The summed E-state index contributed by atoms with van der Waals surface area (Å²) in [6.45, 7) is 0.620. The predicted molar refractivity (Wildman–Crippen MR) is 67.3 cm³/mol. The van der Waals surface area contributed by atoms with Crippen molar-refractivity contribution in [3.8, 4) is 0 Å². The number of aliphatic carboxylic acids is 1. The van der Waals surface area contributed by atoms with Gasteiger partial charge in [0.2, 0.25) is 0 Å². The zero-order valence-corrected chi connectivity index (χ0v) is 10.3. The Morgan fingerprint density at radius 1 is 1.28 bits per heavy atom. The molecule has 2 unspecified atom stereocenters. The Kier molecular flexibility index (Phi) is 5.77. The van der Waals surface area contributed by atoms with Crippen molar-refractivity contribution in [2.24, 2.45) is 0 Å². The number of aliphatic hydroxyl groups is 2. The molecule has 5 heteroatoms. The van der Waals surface area contributed by atoms with Crippen LogP contribution in [0.25, 0.3) is 0 Å². The monoisotopic (exact) mass is 253 g/mol. The van der Waals surface area contributed by atoms with E-state index in [0.29, 0.717) is 24.1 Å². The highest BCUT2D eigenvalue weighted by Gasteiger charge is 2.17. The van der Waals surface area contributed by atoms with Crippen LogP contribution in [0.5, 0.6) is 0 Å². The highest BCUT2D eigenvalue weighted by atomic mass is 16.4. The molecule has 0 saturated carbocycles. The van der Waals surface area contributed by atoms with E-state index in [0.717, 1.165) is 0 Å². The van der Waals surface area contributed by atoms with Crippen LogP contribution in [-0.4, -0.2) is 41.0 Å². The van der Waals surface area contributed by atoms with Gasteiger partial charge >= 0.3 is 5.97 Å². The number of rotatable bonds is 7. The summed E-state index contributed by atoms with van der Waals surface area (Å²) in [5.74, 6) is -0.891. The molecule has 0 bridgehead atoms. The number of carboxylic acids is 1. The molecule has 1 aromatic carbocycles. The third kappa shape index (κ3) is 4.44. The molecule has 1 rings (SSSR count). The lowest BCUT2D eigenvalue weighted by molar-refractivity contribution is -0.136. The van der Waals surface area contributed by atoms with Gasteiger partial charge in [-0.05, 0) is 31.1 Å². The van der Waals surface area contributed by atoms with E-state index in [2.05, 4.69) is 5.32 Å². The Labute approximate surface area is 106 Å². The van der Waals surface area contributed by atoms with E-state index in [9.17, 15) is 15.0 Å². The molecule has 0 spiro atoms. The van der Waals surface area contributed by atoms with Gasteiger partial charge in [0.15, 0.2) is 0 Å². The first kappa shape index (κ1) is 14.6. The summed E-state index contributed by atoms with van der Waals surface area (Å²) < 4.78 is 0. The molecule has 0 heterocycles. The summed E-state index contributed by atoms with van der Waals surface area (Å²) in [5, 5.41) is 31.2. The van der Waals surface area contributed by atoms with Crippen molar-refractivity contribution in [2.45, 2.75) is 25.0 Å². The standard InChI is InChI=1S/C13H19NO4/c1-14-7-6-11(15)13(18)10-4-2-9(3-5-10)8-12(16)17/h2-5,11,13-15,18H,6-8H2,1H3,(H,16,17). The lowest BCUT2D eigenvalue weighted by Crippen LogP contribution is -2.23. The van der Waals surface area contributed by atoms with Crippen LogP contribution in [0.4, 0.5) is 0 Å². The third-order valence-corrected chi connectivity index (χ3v) is 2.73. The van der Waals surface area contributed by atoms with Gasteiger partial charge in [-0.3, -0.25) is 4.79 Å². The summed E-state index contributed by atoms with van der Waals surface area (Å²) in [6.07, 6.45) is -1.37. The second-order valence-electron chi connectivity index (χ2n) is 4.22. The first-order chi connectivity index (χ1) is 8.54. The lowest BCUT2D eigenvalue weighted by atomic mass is 10.00. The number of carbonyl (C=O) groups is 1. The van der Waals surface area contributed by atoms with Gasteiger partial charge in [-0.1, -0.05) is 24.3 Å². The van der Waals surface area contributed by atoms with Crippen molar-refractivity contribution in [2.75, 3.05) is 13.6 Å². The fourth-order valence-electron chi connectivity index (χ4n) is 1.68. The maximum Gasteiger partial charge on any atom is 0.307 e. The minimum Gasteiger partial charge on any atom is -0.481 e. The van der Waals surface area contributed by atoms with Crippen LogP contribution >= 0.6 is 0 Å². The zero-order chi connectivity index (χ0) is 13.5. The maximum absolute atomic E-state index is 10.5. The van der Waals surface area contributed by atoms with E-state index in [1.54, 1.807) is 31.3 Å². The van der Waals surface area contributed by atoms with Crippen molar-refractivity contribution in [3.63, 3.8) is 0 Å². The molecular weight excluding hydrogens is 234 g/mol. The van der Waals surface area contributed by atoms with Crippen molar-refractivity contribution in [1.29, 1.82) is 0 Å². The van der Waals surface area contributed by atoms with E-state index in [1.807, 2.05) is 0 Å². The predicted octanol–water partition coefficient (Wildman–Crippen LogP) is 0.317. The fourth-order valence-corrected chi connectivity index (χ4v) is 1.68. The van der Waals surface area contributed by atoms with E-state index in [4.69, 9.17) is 5.11 Å². The number of nitrogens with one attached hydrogen (secondary N) is 1. The minimum absolute atomic E-state index is 0.0430. The second-order valence-corrected chi connectivity index (χ2v) is 4.22. The molecule has 0 aliphatic rings. The largest absolute Gasteiger partial charge is 0.481 e. The van der Waals surface area contributed by atoms with Crippen LogP contribution in [0.3, 0.4) is 0 Å². The van der Waals surface area contributed by atoms with Crippen molar-refractivity contribution < 1.29 is 20.1 Å².